The van der Waals surface area contributed by atoms with E-state index in [4.69, 9.17) is 0 Å². The lowest BCUT2D eigenvalue weighted by Crippen LogP contribution is -2.17. The molecule has 0 radical (unpaired) electrons. The van der Waals surface area contributed by atoms with Crippen LogP contribution in [0.1, 0.15) is 19.5 Å². The van der Waals surface area contributed by atoms with Gasteiger partial charge in [-0.25, -0.2) is 9.37 Å². The van der Waals surface area contributed by atoms with E-state index in [1.54, 1.807) is 38.4 Å². The highest BCUT2D eigenvalue weighted by Crippen LogP contribution is 2.31. The van der Waals surface area contributed by atoms with Gasteiger partial charge in [-0.05, 0) is 50.2 Å². The number of pyridine rings is 1. The van der Waals surface area contributed by atoms with Crippen molar-refractivity contribution >= 4 is 5.65 Å². The number of halogens is 1. The number of aromatic nitrogens is 4. The molecule has 3 aromatic heterocycles. The zero-order chi connectivity index (χ0) is 17.6. The highest BCUT2D eigenvalue weighted by molar-refractivity contribution is 5.80. The van der Waals surface area contributed by atoms with Gasteiger partial charge in [-0.15, -0.1) is 0 Å². The van der Waals surface area contributed by atoms with Gasteiger partial charge in [0, 0.05) is 22.9 Å². The SMILES string of the molecule is CC(C)(O)c1cnc2ccc(-c3cn[nH]c3-c3ccc(F)cc3)cn12. The maximum absolute atomic E-state index is 13.2. The second kappa shape index (κ2) is 5.53. The zero-order valence-electron chi connectivity index (χ0n) is 13.9. The standard InChI is InChI=1S/C19H17FN4O/c1-19(2,25)16-10-21-17-8-5-13(11-24(16)17)15-9-22-23-18(15)12-3-6-14(20)7-4-12/h3-11,25H,1-2H3,(H,22,23). The Labute approximate surface area is 143 Å². The van der Waals surface area contributed by atoms with Gasteiger partial charge >= 0.3 is 0 Å². The Balaban J connectivity index is 1.86. The molecule has 6 heteroatoms. The summed E-state index contributed by atoms with van der Waals surface area (Å²) in [6.45, 7) is 3.45. The lowest BCUT2D eigenvalue weighted by Gasteiger charge is -2.17. The molecular formula is C19H17FN4O. The number of hydrogen-bond donors (Lipinski definition) is 2. The number of fused-ring (bicyclic) bond motifs is 1. The number of nitrogens with zero attached hydrogens (tertiary/aromatic N) is 3. The van der Waals surface area contributed by atoms with Gasteiger partial charge in [0.2, 0.25) is 0 Å². The molecule has 0 fully saturated rings. The fourth-order valence-corrected chi connectivity index (χ4v) is 2.93. The van der Waals surface area contributed by atoms with Gasteiger partial charge in [0.05, 0.1) is 23.8 Å². The summed E-state index contributed by atoms with van der Waals surface area (Å²) >= 11 is 0. The van der Waals surface area contributed by atoms with Gasteiger partial charge in [0.25, 0.3) is 0 Å². The Bertz CT molecular complexity index is 1040. The van der Waals surface area contributed by atoms with Gasteiger partial charge in [-0.3, -0.25) is 5.10 Å². The first kappa shape index (κ1) is 15.5. The summed E-state index contributed by atoms with van der Waals surface area (Å²) in [6, 6.07) is 10.1. The van der Waals surface area contributed by atoms with Gasteiger partial charge in [-0.2, -0.15) is 5.10 Å². The first-order valence-electron chi connectivity index (χ1n) is 7.93. The van der Waals surface area contributed by atoms with Crippen molar-refractivity contribution in [2.45, 2.75) is 19.4 Å². The Morgan fingerprint density at radius 3 is 2.48 bits per heavy atom. The van der Waals surface area contributed by atoms with E-state index >= 15 is 0 Å². The second-order valence-corrected chi connectivity index (χ2v) is 6.51. The lowest BCUT2D eigenvalue weighted by molar-refractivity contribution is 0.0730. The van der Waals surface area contributed by atoms with Crippen LogP contribution >= 0.6 is 0 Å². The topological polar surface area (TPSA) is 66.2 Å². The minimum atomic E-state index is -1.01. The molecule has 0 saturated heterocycles. The summed E-state index contributed by atoms with van der Waals surface area (Å²) in [5.41, 5.74) is 3.93. The number of aliphatic hydroxyl groups is 1. The molecule has 2 N–H and O–H groups in total. The monoisotopic (exact) mass is 336 g/mol. The van der Waals surface area contributed by atoms with Crippen molar-refractivity contribution in [3.63, 3.8) is 0 Å². The smallest absolute Gasteiger partial charge is 0.137 e. The molecule has 0 aliphatic rings. The summed E-state index contributed by atoms with van der Waals surface area (Å²) in [6.07, 6.45) is 5.34. The van der Waals surface area contributed by atoms with Crippen molar-refractivity contribution in [1.82, 2.24) is 19.6 Å². The van der Waals surface area contributed by atoms with Gasteiger partial charge < -0.3 is 9.51 Å². The van der Waals surface area contributed by atoms with Crippen LogP contribution in [0.3, 0.4) is 0 Å². The molecule has 0 aliphatic heterocycles. The van der Waals surface area contributed by atoms with Crippen LogP contribution in [0.15, 0.2) is 55.0 Å². The average molecular weight is 336 g/mol. The molecule has 0 aliphatic carbocycles. The molecule has 0 atom stereocenters. The summed E-state index contributed by atoms with van der Waals surface area (Å²) in [5.74, 6) is -0.278. The van der Waals surface area contributed by atoms with Crippen LogP contribution < -0.4 is 0 Å². The largest absolute Gasteiger partial charge is 0.384 e. The fraction of sp³-hybridized carbons (Fsp3) is 0.158. The zero-order valence-corrected chi connectivity index (χ0v) is 13.9. The number of H-pyrrole nitrogens is 1. The third kappa shape index (κ3) is 2.70. The molecule has 126 valence electrons. The number of benzene rings is 1. The van der Waals surface area contributed by atoms with Crippen LogP contribution in [0, 0.1) is 5.82 Å². The van der Waals surface area contributed by atoms with Crippen LogP contribution in [0.5, 0.6) is 0 Å². The minimum Gasteiger partial charge on any atom is -0.384 e. The van der Waals surface area contributed by atoms with E-state index < -0.39 is 5.60 Å². The highest BCUT2D eigenvalue weighted by atomic mass is 19.1. The highest BCUT2D eigenvalue weighted by Gasteiger charge is 2.21. The van der Waals surface area contributed by atoms with E-state index in [1.807, 2.05) is 22.7 Å². The summed E-state index contributed by atoms with van der Waals surface area (Å²) in [5, 5.41) is 17.5. The first-order chi connectivity index (χ1) is 11.9. The maximum atomic E-state index is 13.2. The van der Waals surface area contributed by atoms with E-state index in [0.29, 0.717) is 5.69 Å². The van der Waals surface area contributed by atoms with E-state index in [0.717, 1.165) is 28.0 Å². The lowest BCUT2D eigenvalue weighted by atomic mass is 10.0. The molecule has 0 saturated carbocycles. The average Bonchev–Trinajstić information content (AvgIpc) is 3.21. The Kier molecular flexibility index (Phi) is 3.43. The molecule has 0 amide bonds. The molecule has 0 bridgehead atoms. The minimum absolute atomic E-state index is 0.278. The van der Waals surface area contributed by atoms with E-state index in [9.17, 15) is 9.50 Å². The molecule has 25 heavy (non-hydrogen) atoms. The third-order valence-electron chi connectivity index (χ3n) is 4.22. The quantitative estimate of drug-likeness (QED) is 0.599. The predicted molar refractivity (Wildman–Crippen MR) is 93.4 cm³/mol. The molecule has 1 aromatic carbocycles. The molecule has 3 heterocycles. The number of rotatable bonds is 3. The molecule has 4 aromatic rings. The maximum Gasteiger partial charge on any atom is 0.137 e. The predicted octanol–water partition coefficient (Wildman–Crippen LogP) is 3.76. The van der Waals surface area contributed by atoms with Crippen molar-refractivity contribution in [2.24, 2.45) is 0 Å². The van der Waals surface area contributed by atoms with Crippen LogP contribution in [0.25, 0.3) is 28.0 Å². The van der Waals surface area contributed by atoms with Gasteiger partial charge in [0.1, 0.15) is 17.1 Å². The van der Waals surface area contributed by atoms with Crippen molar-refractivity contribution in [1.29, 1.82) is 0 Å². The van der Waals surface area contributed by atoms with Crippen molar-refractivity contribution in [2.75, 3.05) is 0 Å². The molecule has 5 nitrogen and oxygen atoms in total. The van der Waals surface area contributed by atoms with Crippen molar-refractivity contribution < 1.29 is 9.50 Å². The van der Waals surface area contributed by atoms with Crippen LogP contribution in [-0.2, 0) is 5.60 Å². The normalized spacial score (nSPS) is 12.0. The number of hydrogen-bond acceptors (Lipinski definition) is 3. The Morgan fingerprint density at radius 2 is 1.76 bits per heavy atom. The summed E-state index contributed by atoms with van der Waals surface area (Å²) in [7, 11) is 0. The van der Waals surface area contributed by atoms with Crippen LogP contribution in [-0.4, -0.2) is 24.7 Å². The number of nitrogens with one attached hydrogen (secondary N) is 1. The number of imidazole rings is 1. The van der Waals surface area contributed by atoms with E-state index in [2.05, 4.69) is 15.2 Å². The van der Waals surface area contributed by atoms with Gasteiger partial charge in [0.15, 0.2) is 0 Å². The van der Waals surface area contributed by atoms with E-state index in [-0.39, 0.29) is 5.82 Å². The molecule has 4 rings (SSSR count). The number of aromatic amines is 1. The van der Waals surface area contributed by atoms with E-state index in [1.165, 1.54) is 12.1 Å². The van der Waals surface area contributed by atoms with Crippen molar-refractivity contribution in [3.05, 3.63) is 66.5 Å². The van der Waals surface area contributed by atoms with Crippen molar-refractivity contribution in [3.8, 4) is 22.4 Å². The second-order valence-electron chi connectivity index (χ2n) is 6.51. The summed E-state index contributed by atoms with van der Waals surface area (Å²) in [4.78, 5) is 4.34. The third-order valence-corrected chi connectivity index (χ3v) is 4.22. The Morgan fingerprint density at radius 1 is 1.04 bits per heavy atom. The first-order valence-corrected chi connectivity index (χ1v) is 7.93. The summed E-state index contributed by atoms with van der Waals surface area (Å²) < 4.78 is 15.1. The van der Waals surface area contributed by atoms with Gasteiger partial charge in [-0.1, -0.05) is 0 Å². The van der Waals surface area contributed by atoms with Crippen LogP contribution in [0.4, 0.5) is 4.39 Å². The fourth-order valence-electron chi connectivity index (χ4n) is 2.93. The molecular weight excluding hydrogens is 319 g/mol. The Hall–Kier alpha value is -2.99. The van der Waals surface area contributed by atoms with Crippen LogP contribution in [0.2, 0.25) is 0 Å². The molecule has 0 spiro atoms. The molecule has 0 unspecified atom stereocenters.